The Labute approximate surface area is 122 Å². The van der Waals surface area contributed by atoms with Gasteiger partial charge in [-0.1, -0.05) is 24.3 Å². The Kier molecular flexibility index (Phi) is 2.74. The Morgan fingerprint density at radius 2 is 1.95 bits per heavy atom. The lowest BCUT2D eigenvalue weighted by molar-refractivity contribution is -0.117. The van der Waals surface area contributed by atoms with E-state index in [0.29, 0.717) is 6.42 Å². The zero-order valence-corrected chi connectivity index (χ0v) is 11.5. The maximum atomic E-state index is 11.8. The number of hydrogen-bond acceptors (Lipinski definition) is 2. The summed E-state index contributed by atoms with van der Waals surface area (Å²) in [5, 5.41) is 8.20. The van der Waals surface area contributed by atoms with Gasteiger partial charge < -0.3 is 4.90 Å². The number of aromatic nitrogens is 2. The SMILES string of the molecule is O=C1CCCN1c1ccc(-c2cccc3[nH]ncc23)cc1. The van der Waals surface area contributed by atoms with Crippen LogP contribution in [0.4, 0.5) is 5.69 Å². The third-order valence-electron chi connectivity index (χ3n) is 4.05. The van der Waals surface area contributed by atoms with Crippen molar-refractivity contribution in [1.29, 1.82) is 0 Å². The summed E-state index contributed by atoms with van der Waals surface area (Å²) in [7, 11) is 0. The van der Waals surface area contributed by atoms with E-state index in [1.165, 1.54) is 0 Å². The Morgan fingerprint density at radius 3 is 2.71 bits per heavy atom. The predicted molar refractivity (Wildman–Crippen MR) is 83.1 cm³/mol. The first-order valence-corrected chi connectivity index (χ1v) is 7.16. The molecule has 1 amide bonds. The van der Waals surface area contributed by atoms with Gasteiger partial charge in [0.05, 0.1) is 11.7 Å². The van der Waals surface area contributed by atoms with Crippen LogP contribution in [0, 0.1) is 0 Å². The molecule has 0 bridgehead atoms. The van der Waals surface area contributed by atoms with Crippen molar-refractivity contribution < 1.29 is 4.79 Å². The second kappa shape index (κ2) is 4.74. The number of H-pyrrole nitrogens is 1. The molecule has 1 fully saturated rings. The fourth-order valence-electron chi connectivity index (χ4n) is 2.96. The summed E-state index contributed by atoms with van der Waals surface area (Å²) in [5.74, 6) is 0.222. The summed E-state index contributed by atoms with van der Waals surface area (Å²) in [5.41, 5.74) is 4.31. The van der Waals surface area contributed by atoms with Gasteiger partial charge in [-0.15, -0.1) is 0 Å². The molecule has 0 unspecified atom stereocenters. The molecule has 0 aliphatic carbocycles. The van der Waals surface area contributed by atoms with Crippen LogP contribution in [0.3, 0.4) is 0 Å². The first-order valence-electron chi connectivity index (χ1n) is 7.16. The second-order valence-electron chi connectivity index (χ2n) is 5.33. The monoisotopic (exact) mass is 277 g/mol. The molecule has 4 rings (SSSR count). The van der Waals surface area contributed by atoms with Crippen LogP contribution in [0.15, 0.2) is 48.7 Å². The van der Waals surface area contributed by atoms with E-state index in [4.69, 9.17) is 0 Å². The molecule has 0 atom stereocenters. The molecule has 0 radical (unpaired) electrons. The minimum atomic E-state index is 0.222. The van der Waals surface area contributed by atoms with Crippen molar-refractivity contribution in [3.63, 3.8) is 0 Å². The number of aromatic amines is 1. The maximum absolute atomic E-state index is 11.8. The number of nitrogens with one attached hydrogen (secondary N) is 1. The zero-order valence-electron chi connectivity index (χ0n) is 11.5. The highest BCUT2D eigenvalue weighted by Crippen LogP contribution is 2.30. The summed E-state index contributed by atoms with van der Waals surface area (Å²) in [6.07, 6.45) is 3.47. The largest absolute Gasteiger partial charge is 0.312 e. The fraction of sp³-hybridized carbons (Fsp3) is 0.176. The molecule has 104 valence electrons. The lowest BCUT2D eigenvalue weighted by Gasteiger charge is -2.16. The number of fused-ring (bicyclic) bond motifs is 1. The Balaban J connectivity index is 1.73. The van der Waals surface area contributed by atoms with Gasteiger partial charge >= 0.3 is 0 Å². The van der Waals surface area contributed by atoms with Crippen molar-refractivity contribution >= 4 is 22.5 Å². The van der Waals surface area contributed by atoms with E-state index >= 15 is 0 Å². The molecule has 1 aromatic heterocycles. The van der Waals surface area contributed by atoms with Gasteiger partial charge in [0.15, 0.2) is 0 Å². The molecule has 2 heterocycles. The Bertz CT molecular complexity index is 804. The number of rotatable bonds is 2. The maximum Gasteiger partial charge on any atom is 0.227 e. The number of carbonyl (C=O) groups is 1. The highest BCUT2D eigenvalue weighted by Gasteiger charge is 2.21. The summed E-state index contributed by atoms with van der Waals surface area (Å²) in [4.78, 5) is 13.6. The van der Waals surface area contributed by atoms with E-state index < -0.39 is 0 Å². The Morgan fingerprint density at radius 1 is 1.10 bits per heavy atom. The van der Waals surface area contributed by atoms with Crippen molar-refractivity contribution in [3.05, 3.63) is 48.7 Å². The standard InChI is InChI=1S/C17H15N3O/c21-17-5-2-10-20(17)13-8-6-12(7-9-13)14-3-1-4-16-15(14)11-18-19-16/h1,3-4,6-9,11H,2,5,10H2,(H,18,19). The minimum Gasteiger partial charge on any atom is -0.312 e. The van der Waals surface area contributed by atoms with Gasteiger partial charge in [-0.2, -0.15) is 5.10 Å². The van der Waals surface area contributed by atoms with Crippen LogP contribution in [0.5, 0.6) is 0 Å². The topological polar surface area (TPSA) is 49.0 Å². The normalized spacial score (nSPS) is 15.0. The van der Waals surface area contributed by atoms with Gasteiger partial charge in [-0.25, -0.2) is 0 Å². The van der Waals surface area contributed by atoms with E-state index in [1.807, 2.05) is 35.4 Å². The van der Waals surface area contributed by atoms with Gasteiger partial charge in [-0.3, -0.25) is 9.89 Å². The zero-order chi connectivity index (χ0) is 14.2. The van der Waals surface area contributed by atoms with Crippen molar-refractivity contribution in [2.45, 2.75) is 12.8 Å². The summed E-state index contributed by atoms with van der Waals surface area (Å²) >= 11 is 0. The molecular formula is C17H15N3O. The molecule has 1 N–H and O–H groups in total. The van der Waals surface area contributed by atoms with Crippen molar-refractivity contribution in [2.24, 2.45) is 0 Å². The number of carbonyl (C=O) groups excluding carboxylic acids is 1. The van der Waals surface area contributed by atoms with Crippen LogP contribution in [-0.2, 0) is 4.79 Å². The van der Waals surface area contributed by atoms with Gasteiger partial charge in [0.1, 0.15) is 0 Å². The van der Waals surface area contributed by atoms with Crippen molar-refractivity contribution in [2.75, 3.05) is 11.4 Å². The van der Waals surface area contributed by atoms with Gasteiger partial charge in [0.25, 0.3) is 0 Å². The highest BCUT2D eigenvalue weighted by molar-refractivity contribution is 5.97. The number of anilines is 1. The second-order valence-corrected chi connectivity index (χ2v) is 5.33. The third kappa shape index (κ3) is 2.00. The van der Waals surface area contributed by atoms with Gasteiger partial charge in [-0.05, 0) is 35.7 Å². The van der Waals surface area contributed by atoms with E-state index in [2.05, 4.69) is 28.4 Å². The summed E-state index contributed by atoms with van der Waals surface area (Å²) < 4.78 is 0. The van der Waals surface area contributed by atoms with Crippen LogP contribution in [-0.4, -0.2) is 22.6 Å². The number of hydrogen-bond donors (Lipinski definition) is 1. The molecule has 2 aromatic carbocycles. The lowest BCUT2D eigenvalue weighted by atomic mass is 10.0. The van der Waals surface area contributed by atoms with E-state index in [9.17, 15) is 4.79 Å². The third-order valence-corrected chi connectivity index (χ3v) is 4.05. The van der Waals surface area contributed by atoms with Crippen molar-refractivity contribution in [3.8, 4) is 11.1 Å². The lowest BCUT2D eigenvalue weighted by Crippen LogP contribution is -2.23. The molecule has 4 nitrogen and oxygen atoms in total. The quantitative estimate of drug-likeness (QED) is 0.781. The number of amides is 1. The van der Waals surface area contributed by atoms with Crippen LogP contribution >= 0.6 is 0 Å². The molecule has 0 saturated carbocycles. The first-order chi connectivity index (χ1) is 10.3. The van der Waals surface area contributed by atoms with E-state index in [1.54, 1.807) is 0 Å². The summed E-state index contributed by atoms with van der Waals surface area (Å²) in [6, 6.07) is 14.3. The molecule has 1 saturated heterocycles. The van der Waals surface area contributed by atoms with Crippen LogP contribution in [0.25, 0.3) is 22.0 Å². The molecule has 3 aromatic rings. The first kappa shape index (κ1) is 12.1. The van der Waals surface area contributed by atoms with Gasteiger partial charge in [0, 0.05) is 24.0 Å². The minimum absolute atomic E-state index is 0.222. The predicted octanol–water partition coefficient (Wildman–Crippen LogP) is 3.36. The molecule has 1 aliphatic rings. The smallest absolute Gasteiger partial charge is 0.227 e. The average Bonchev–Trinajstić information content (AvgIpc) is 3.15. The molecule has 21 heavy (non-hydrogen) atoms. The highest BCUT2D eigenvalue weighted by atomic mass is 16.2. The van der Waals surface area contributed by atoms with Gasteiger partial charge in [0.2, 0.25) is 5.91 Å². The fourth-order valence-corrected chi connectivity index (χ4v) is 2.96. The van der Waals surface area contributed by atoms with Crippen LogP contribution < -0.4 is 4.90 Å². The average molecular weight is 277 g/mol. The van der Waals surface area contributed by atoms with E-state index in [0.717, 1.165) is 40.7 Å². The molecule has 4 heteroatoms. The molecule has 0 spiro atoms. The molecular weight excluding hydrogens is 262 g/mol. The number of benzene rings is 2. The van der Waals surface area contributed by atoms with Crippen molar-refractivity contribution in [1.82, 2.24) is 10.2 Å². The Hall–Kier alpha value is -2.62. The number of nitrogens with zero attached hydrogens (tertiary/aromatic N) is 2. The molecule has 1 aliphatic heterocycles. The van der Waals surface area contributed by atoms with E-state index in [-0.39, 0.29) is 5.91 Å². The van der Waals surface area contributed by atoms with Crippen LogP contribution in [0.2, 0.25) is 0 Å². The summed E-state index contributed by atoms with van der Waals surface area (Å²) in [6.45, 7) is 0.829. The van der Waals surface area contributed by atoms with Crippen LogP contribution in [0.1, 0.15) is 12.8 Å².